The summed E-state index contributed by atoms with van der Waals surface area (Å²) in [6.45, 7) is 4.12. The number of aliphatic hydroxyl groups excluding tert-OH is 1. The minimum Gasteiger partial charge on any atom is -0.487 e. The first-order chi connectivity index (χ1) is 18.7. The highest BCUT2D eigenvalue weighted by atomic mass is 16.5. The van der Waals surface area contributed by atoms with Gasteiger partial charge in [-0.1, -0.05) is 26.2 Å². The molecule has 1 aromatic carbocycles. The minimum absolute atomic E-state index is 0.0863. The normalized spacial score (nSPS) is 20.7. The van der Waals surface area contributed by atoms with E-state index < -0.39 is 12.1 Å². The van der Waals surface area contributed by atoms with Crippen LogP contribution in [0.2, 0.25) is 0 Å². The van der Waals surface area contributed by atoms with Crippen LogP contribution < -0.4 is 15.4 Å². The van der Waals surface area contributed by atoms with Crippen LogP contribution in [0.4, 0.5) is 10.5 Å². The molecule has 0 radical (unpaired) electrons. The van der Waals surface area contributed by atoms with E-state index in [1.54, 1.807) is 42.0 Å². The summed E-state index contributed by atoms with van der Waals surface area (Å²) in [6, 6.07) is 4.49. The Morgan fingerprint density at radius 2 is 2.03 bits per heavy atom. The summed E-state index contributed by atoms with van der Waals surface area (Å²) >= 11 is 0. The molecule has 212 valence electrons. The fourth-order valence-corrected chi connectivity index (χ4v) is 5.00. The Hall–Kier alpha value is -3.74. The predicted molar refractivity (Wildman–Crippen MR) is 142 cm³/mol. The Morgan fingerprint density at radius 1 is 1.26 bits per heavy atom. The summed E-state index contributed by atoms with van der Waals surface area (Å²) in [5.41, 5.74) is 0.677. The van der Waals surface area contributed by atoms with E-state index in [0.717, 1.165) is 25.7 Å². The zero-order chi connectivity index (χ0) is 27.9. The SMILES string of the molecule is C[C@@H]1CN([C@@H](C)CO)C(=O)c2cc(NC(=O)Cn3cnnn3)ccc2O[C@H]1CN(C)C(=O)NC1CCCCC1. The molecule has 4 rings (SSSR count). The molecule has 0 bridgehead atoms. The van der Waals surface area contributed by atoms with Crippen molar-refractivity contribution in [1.29, 1.82) is 0 Å². The summed E-state index contributed by atoms with van der Waals surface area (Å²) < 4.78 is 7.65. The van der Waals surface area contributed by atoms with Gasteiger partial charge in [-0.2, -0.15) is 0 Å². The van der Waals surface area contributed by atoms with Crippen LogP contribution in [-0.2, 0) is 11.3 Å². The highest BCUT2D eigenvalue weighted by molar-refractivity contribution is 5.99. The van der Waals surface area contributed by atoms with Crippen LogP contribution >= 0.6 is 0 Å². The average molecular weight is 543 g/mol. The van der Waals surface area contributed by atoms with Crippen molar-refractivity contribution in [1.82, 2.24) is 35.3 Å². The lowest BCUT2D eigenvalue weighted by atomic mass is 9.96. The van der Waals surface area contributed by atoms with Crippen molar-refractivity contribution in [3.8, 4) is 5.75 Å². The minimum atomic E-state index is -0.433. The molecular formula is C26H38N8O5. The molecule has 2 heterocycles. The first kappa shape index (κ1) is 28.3. The van der Waals surface area contributed by atoms with Crippen LogP contribution in [-0.4, -0.2) is 97.9 Å². The number of tetrazole rings is 1. The van der Waals surface area contributed by atoms with Crippen LogP contribution in [0.1, 0.15) is 56.3 Å². The molecule has 0 spiro atoms. The monoisotopic (exact) mass is 542 g/mol. The van der Waals surface area contributed by atoms with Gasteiger partial charge in [-0.05, 0) is 48.4 Å². The van der Waals surface area contributed by atoms with Gasteiger partial charge < -0.3 is 30.3 Å². The molecule has 2 aromatic rings. The lowest BCUT2D eigenvalue weighted by Gasteiger charge is -2.38. The van der Waals surface area contributed by atoms with Gasteiger partial charge in [0, 0.05) is 31.2 Å². The molecule has 1 fully saturated rings. The van der Waals surface area contributed by atoms with E-state index in [2.05, 4.69) is 26.2 Å². The second-order valence-corrected chi connectivity index (χ2v) is 10.6. The molecule has 1 aromatic heterocycles. The van der Waals surface area contributed by atoms with Crippen LogP contribution in [0.5, 0.6) is 5.75 Å². The Labute approximate surface area is 227 Å². The number of carbonyl (C=O) groups excluding carboxylic acids is 3. The van der Waals surface area contributed by atoms with Crippen molar-refractivity contribution in [2.24, 2.45) is 5.92 Å². The van der Waals surface area contributed by atoms with Crippen molar-refractivity contribution in [3.05, 3.63) is 30.1 Å². The fourth-order valence-electron chi connectivity index (χ4n) is 5.00. The second kappa shape index (κ2) is 12.9. The maximum atomic E-state index is 13.6. The third-order valence-corrected chi connectivity index (χ3v) is 7.38. The van der Waals surface area contributed by atoms with Gasteiger partial charge in [0.25, 0.3) is 5.91 Å². The number of benzene rings is 1. The highest BCUT2D eigenvalue weighted by Crippen LogP contribution is 2.31. The lowest BCUT2D eigenvalue weighted by Crippen LogP contribution is -2.52. The van der Waals surface area contributed by atoms with Gasteiger partial charge in [-0.15, -0.1) is 5.10 Å². The number of hydrogen-bond acceptors (Lipinski definition) is 8. The number of aromatic nitrogens is 4. The van der Waals surface area contributed by atoms with Crippen molar-refractivity contribution >= 4 is 23.5 Å². The maximum Gasteiger partial charge on any atom is 0.317 e. The number of ether oxygens (including phenoxy) is 1. The van der Waals surface area contributed by atoms with Crippen molar-refractivity contribution < 1.29 is 24.2 Å². The Bertz CT molecular complexity index is 1140. The fraction of sp³-hybridized carbons (Fsp3) is 0.615. The van der Waals surface area contributed by atoms with E-state index in [9.17, 15) is 19.5 Å². The number of hydrogen-bond donors (Lipinski definition) is 3. The highest BCUT2D eigenvalue weighted by Gasteiger charge is 2.34. The van der Waals surface area contributed by atoms with E-state index in [0.29, 0.717) is 24.5 Å². The molecule has 4 amide bonds. The summed E-state index contributed by atoms with van der Waals surface area (Å²) in [5, 5.41) is 26.5. The van der Waals surface area contributed by atoms with Crippen LogP contribution in [0.25, 0.3) is 0 Å². The average Bonchev–Trinajstić information content (AvgIpc) is 3.43. The van der Waals surface area contributed by atoms with E-state index in [1.165, 1.54) is 17.4 Å². The summed E-state index contributed by atoms with van der Waals surface area (Å²) in [5.74, 6) is -0.445. The molecule has 39 heavy (non-hydrogen) atoms. The number of urea groups is 1. The molecule has 1 aliphatic heterocycles. The van der Waals surface area contributed by atoms with Crippen molar-refractivity contribution in [3.63, 3.8) is 0 Å². The van der Waals surface area contributed by atoms with E-state index in [1.807, 2.05) is 6.92 Å². The van der Waals surface area contributed by atoms with Gasteiger partial charge in [-0.3, -0.25) is 9.59 Å². The molecule has 2 aliphatic rings. The van der Waals surface area contributed by atoms with E-state index in [4.69, 9.17) is 4.74 Å². The van der Waals surface area contributed by atoms with E-state index in [-0.39, 0.29) is 48.5 Å². The molecule has 1 aliphatic carbocycles. The van der Waals surface area contributed by atoms with E-state index >= 15 is 0 Å². The first-order valence-electron chi connectivity index (χ1n) is 13.5. The Kier molecular flexibility index (Phi) is 9.33. The molecule has 0 saturated heterocycles. The van der Waals surface area contributed by atoms with Crippen LogP contribution in [0.15, 0.2) is 24.5 Å². The number of nitrogens with zero attached hydrogens (tertiary/aromatic N) is 6. The zero-order valence-electron chi connectivity index (χ0n) is 22.7. The largest absolute Gasteiger partial charge is 0.487 e. The van der Waals surface area contributed by atoms with Gasteiger partial charge in [0.05, 0.1) is 24.8 Å². The number of aliphatic hydroxyl groups is 1. The Morgan fingerprint density at radius 3 is 2.72 bits per heavy atom. The smallest absolute Gasteiger partial charge is 0.317 e. The van der Waals surface area contributed by atoms with Crippen molar-refractivity contribution in [2.45, 2.75) is 70.7 Å². The second-order valence-electron chi connectivity index (χ2n) is 10.6. The molecule has 3 N–H and O–H groups in total. The summed E-state index contributed by atoms with van der Waals surface area (Å²) in [4.78, 5) is 42.2. The summed E-state index contributed by atoms with van der Waals surface area (Å²) in [7, 11) is 1.75. The van der Waals surface area contributed by atoms with Gasteiger partial charge in [-0.25, -0.2) is 9.48 Å². The predicted octanol–water partition coefficient (Wildman–Crippen LogP) is 1.51. The van der Waals surface area contributed by atoms with Gasteiger partial charge in [0.1, 0.15) is 24.7 Å². The zero-order valence-corrected chi connectivity index (χ0v) is 22.7. The molecule has 13 nitrogen and oxygen atoms in total. The standard InChI is InChI=1S/C26H38N8O5/c1-17-12-34(18(2)15-35)25(37)21-11-20(28-24(36)14-33-16-27-30-31-33)9-10-22(21)39-23(17)13-32(3)26(38)29-19-7-5-4-6-8-19/h9-11,16-19,23,35H,4-8,12-15H2,1-3H3,(H,28,36)(H,29,38)/t17-,18+,23+/m1/s1. The van der Waals surface area contributed by atoms with Crippen LogP contribution in [0, 0.1) is 5.92 Å². The van der Waals surface area contributed by atoms with Gasteiger partial charge >= 0.3 is 6.03 Å². The number of fused-ring (bicyclic) bond motifs is 1. The summed E-state index contributed by atoms with van der Waals surface area (Å²) in [6.07, 6.45) is 6.37. The topological polar surface area (TPSA) is 155 Å². The first-order valence-corrected chi connectivity index (χ1v) is 13.5. The number of amides is 4. The quantitative estimate of drug-likeness (QED) is 0.453. The number of rotatable bonds is 8. The number of nitrogens with one attached hydrogen (secondary N) is 2. The lowest BCUT2D eigenvalue weighted by molar-refractivity contribution is -0.116. The van der Waals surface area contributed by atoms with Crippen LogP contribution in [0.3, 0.4) is 0 Å². The van der Waals surface area contributed by atoms with Crippen molar-refractivity contribution in [2.75, 3.05) is 32.1 Å². The molecule has 13 heteroatoms. The number of likely N-dealkylation sites (N-methyl/N-ethyl adjacent to an activating group) is 1. The molecule has 1 saturated carbocycles. The number of anilines is 1. The molecule has 3 atom stereocenters. The van der Waals surface area contributed by atoms with Gasteiger partial charge in [0.2, 0.25) is 5.91 Å². The number of carbonyl (C=O) groups is 3. The maximum absolute atomic E-state index is 13.6. The third kappa shape index (κ3) is 7.22. The molecular weight excluding hydrogens is 504 g/mol. The van der Waals surface area contributed by atoms with Gasteiger partial charge in [0.15, 0.2) is 0 Å². The Balaban J connectivity index is 1.53. The molecule has 0 unspecified atom stereocenters. The third-order valence-electron chi connectivity index (χ3n) is 7.38.